The number of alkyl halides is 1. The van der Waals surface area contributed by atoms with Crippen molar-refractivity contribution >= 4 is 33.4 Å². The molecule has 0 aliphatic carbocycles. The van der Waals surface area contributed by atoms with Crippen LogP contribution in [0.1, 0.15) is 10.4 Å². The lowest BCUT2D eigenvalue weighted by atomic mass is 10.2. The summed E-state index contributed by atoms with van der Waals surface area (Å²) in [7, 11) is 0. The SMILES string of the molecule is O=C(NCCOCCCl)c1cccc(Br)c1F. The summed E-state index contributed by atoms with van der Waals surface area (Å²) in [5.74, 6) is -0.612. The molecule has 0 unspecified atom stereocenters. The molecule has 0 saturated carbocycles. The molecule has 1 rings (SSSR count). The van der Waals surface area contributed by atoms with Crippen LogP contribution in [0.3, 0.4) is 0 Å². The van der Waals surface area contributed by atoms with Crippen molar-refractivity contribution in [2.45, 2.75) is 0 Å². The van der Waals surface area contributed by atoms with Crippen LogP contribution in [0, 0.1) is 5.82 Å². The van der Waals surface area contributed by atoms with Gasteiger partial charge in [-0.25, -0.2) is 4.39 Å². The second-order valence-corrected chi connectivity index (χ2v) is 4.39. The predicted molar refractivity (Wildman–Crippen MR) is 68.0 cm³/mol. The van der Waals surface area contributed by atoms with E-state index in [9.17, 15) is 9.18 Å². The summed E-state index contributed by atoms with van der Waals surface area (Å²) in [6.45, 7) is 1.11. The van der Waals surface area contributed by atoms with Crippen molar-refractivity contribution in [3.8, 4) is 0 Å². The van der Waals surface area contributed by atoms with Crippen molar-refractivity contribution in [3.63, 3.8) is 0 Å². The summed E-state index contributed by atoms with van der Waals surface area (Å²) in [6, 6.07) is 4.57. The molecule has 1 aromatic carbocycles. The van der Waals surface area contributed by atoms with Crippen LogP contribution in [-0.2, 0) is 4.74 Å². The highest BCUT2D eigenvalue weighted by molar-refractivity contribution is 9.10. The Balaban J connectivity index is 2.44. The highest BCUT2D eigenvalue weighted by atomic mass is 79.9. The van der Waals surface area contributed by atoms with Gasteiger partial charge in [-0.05, 0) is 28.1 Å². The van der Waals surface area contributed by atoms with Gasteiger partial charge >= 0.3 is 0 Å². The molecule has 0 aliphatic heterocycles. The summed E-state index contributed by atoms with van der Waals surface area (Å²) in [5, 5.41) is 2.56. The molecule has 0 bridgehead atoms. The molecule has 0 aromatic heterocycles. The highest BCUT2D eigenvalue weighted by Crippen LogP contribution is 2.18. The Hall–Kier alpha value is -0.650. The lowest BCUT2D eigenvalue weighted by Crippen LogP contribution is -2.28. The van der Waals surface area contributed by atoms with Crippen LogP contribution in [0.4, 0.5) is 4.39 Å². The van der Waals surface area contributed by atoms with Crippen LogP contribution >= 0.6 is 27.5 Å². The van der Waals surface area contributed by atoms with Gasteiger partial charge in [0.25, 0.3) is 5.91 Å². The Morgan fingerprint density at radius 3 is 2.94 bits per heavy atom. The number of carbonyl (C=O) groups is 1. The third kappa shape index (κ3) is 4.61. The average molecular weight is 325 g/mol. The zero-order valence-corrected chi connectivity index (χ0v) is 11.4. The Kier molecular flexibility index (Phi) is 6.47. The first-order chi connectivity index (χ1) is 8.16. The number of rotatable bonds is 6. The Morgan fingerprint density at radius 1 is 1.47 bits per heavy atom. The second kappa shape index (κ2) is 7.63. The molecule has 0 heterocycles. The van der Waals surface area contributed by atoms with E-state index in [2.05, 4.69) is 21.2 Å². The first-order valence-corrected chi connectivity index (χ1v) is 6.35. The number of halogens is 3. The van der Waals surface area contributed by atoms with E-state index in [4.69, 9.17) is 16.3 Å². The predicted octanol–water partition coefficient (Wildman–Crippen LogP) is 2.57. The lowest BCUT2D eigenvalue weighted by molar-refractivity contribution is 0.0919. The van der Waals surface area contributed by atoms with Crippen LogP contribution in [0.25, 0.3) is 0 Å². The zero-order valence-electron chi connectivity index (χ0n) is 9.01. The molecule has 0 fully saturated rings. The van der Waals surface area contributed by atoms with E-state index in [1.807, 2.05) is 0 Å². The summed E-state index contributed by atoms with van der Waals surface area (Å²) in [5.41, 5.74) is 0.0109. The van der Waals surface area contributed by atoms with E-state index in [1.54, 1.807) is 6.07 Å². The van der Waals surface area contributed by atoms with Gasteiger partial charge in [-0.3, -0.25) is 4.79 Å². The third-order valence-electron chi connectivity index (χ3n) is 1.95. The molecule has 1 amide bonds. The maximum absolute atomic E-state index is 13.5. The number of ether oxygens (including phenoxy) is 1. The number of carbonyl (C=O) groups excluding carboxylic acids is 1. The molecular weight excluding hydrogens is 312 g/mol. The van der Waals surface area contributed by atoms with Crippen LogP contribution in [0.5, 0.6) is 0 Å². The Morgan fingerprint density at radius 2 is 2.24 bits per heavy atom. The van der Waals surface area contributed by atoms with E-state index >= 15 is 0 Å². The molecule has 17 heavy (non-hydrogen) atoms. The molecule has 0 aliphatic rings. The van der Waals surface area contributed by atoms with Crippen LogP contribution in [0.15, 0.2) is 22.7 Å². The van der Waals surface area contributed by atoms with E-state index in [1.165, 1.54) is 12.1 Å². The lowest BCUT2D eigenvalue weighted by Gasteiger charge is -2.07. The molecule has 6 heteroatoms. The summed E-state index contributed by atoms with van der Waals surface area (Å²) >= 11 is 8.43. The number of hydrogen-bond donors (Lipinski definition) is 1. The van der Waals surface area contributed by atoms with Crippen molar-refractivity contribution in [2.24, 2.45) is 0 Å². The first kappa shape index (κ1) is 14.4. The van der Waals surface area contributed by atoms with Gasteiger partial charge in [-0.1, -0.05) is 6.07 Å². The molecule has 0 saturated heterocycles. The standard InChI is InChI=1S/C11H12BrClFNO2/c12-9-3-1-2-8(10(9)14)11(16)15-5-7-17-6-4-13/h1-3H,4-7H2,(H,15,16). The normalized spacial score (nSPS) is 10.3. The third-order valence-corrected chi connectivity index (χ3v) is 2.72. The minimum atomic E-state index is -0.563. The van der Waals surface area contributed by atoms with Gasteiger partial charge in [0.05, 0.1) is 23.2 Å². The molecular formula is C11H12BrClFNO2. The smallest absolute Gasteiger partial charge is 0.254 e. The summed E-state index contributed by atoms with van der Waals surface area (Å²) < 4.78 is 18.9. The number of amides is 1. The van der Waals surface area contributed by atoms with Gasteiger partial charge in [-0.15, -0.1) is 11.6 Å². The van der Waals surface area contributed by atoms with Crippen molar-refractivity contribution in [1.82, 2.24) is 5.32 Å². The fourth-order valence-electron chi connectivity index (χ4n) is 1.17. The zero-order chi connectivity index (χ0) is 12.7. The fraction of sp³-hybridized carbons (Fsp3) is 0.364. The van der Waals surface area contributed by atoms with E-state index < -0.39 is 11.7 Å². The molecule has 0 radical (unpaired) electrons. The number of nitrogens with one attached hydrogen (secondary N) is 1. The summed E-state index contributed by atoms with van der Waals surface area (Å²) in [6.07, 6.45) is 0. The van der Waals surface area contributed by atoms with Gasteiger partial charge in [0.1, 0.15) is 5.82 Å². The number of hydrogen-bond acceptors (Lipinski definition) is 2. The van der Waals surface area contributed by atoms with Crippen molar-refractivity contribution in [3.05, 3.63) is 34.1 Å². The minimum Gasteiger partial charge on any atom is -0.378 e. The van der Waals surface area contributed by atoms with Crippen LogP contribution in [0.2, 0.25) is 0 Å². The van der Waals surface area contributed by atoms with Crippen molar-refractivity contribution in [2.75, 3.05) is 25.6 Å². The summed E-state index contributed by atoms with van der Waals surface area (Å²) in [4.78, 5) is 11.6. The Labute approximate surface area is 112 Å². The molecule has 94 valence electrons. The highest BCUT2D eigenvalue weighted by Gasteiger charge is 2.12. The van der Waals surface area contributed by atoms with Gasteiger partial charge in [0.15, 0.2) is 0 Å². The maximum atomic E-state index is 13.5. The molecule has 3 nitrogen and oxygen atoms in total. The van der Waals surface area contributed by atoms with Gasteiger partial charge in [-0.2, -0.15) is 0 Å². The molecule has 0 atom stereocenters. The second-order valence-electron chi connectivity index (χ2n) is 3.16. The van der Waals surface area contributed by atoms with Gasteiger partial charge in [0, 0.05) is 12.4 Å². The first-order valence-electron chi connectivity index (χ1n) is 5.02. The molecule has 1 N–H and O–H groups in total. The molecule has 0 spiro atoms. The Bertz CT molecular complexity index is 390. The minimum absolute atomic E-state index is 0.0109. The fourth-order valence-corrected chi connectivity index (χ4v) is 1.64. The average Bonchev–Trinajstić information content (AvgIpc) is 2.32. The monoisotopic (exact) mass is 323 g/mol. The van der Waals surface area contributed by atoms with E-state index in [0.717, 1.165) is 0 Å². The van der Waals surface area contributed by atoms with Gasteiger partial charge < -0.3 is 10.1 Å². The van der Waals surface area contributed by atoms with Gasteiger partial charge in [0.2, 0.25) is 0 Å². The van der Waals surface area contributed by atoms with Crippen LogP contribution in [-0.4, -0.2) is 31.5 Å². The van der Waals surface area contributed by atoms with Crippen molar-refractivity contribution < 1.29 is 13.9 Å². The molecule has 1 aromatic rings. The maximum Gasteiger partial charge on any atom is 0.254 e. The topological polar surface area (TPSA) is 38.3 Å². The van der Waals surface area contributed by atoms with Crippen LogP contribution < -0.4 is 5.32 Å². The van der Waals surface area contributed by atoms with E-state index in [0.29, 0.717) is 25.6 Å². The largest absolute Gasteiger partial charge is 0.378 e. The number of benzene rings is 1. The van der Waals surface area contributed by atoms with E-state index in [-0.39, 0.29) is 10.0 Å². The quantitative estimate of drug-likeness (QED) is 0.645. The van der Waals surface area contributed by atoms with Crippen molar-refractivity contribution in [1.29, 1.82) is 0 Å².